The van der Waals surface area contributed by atoms with Crippen LogP contribution in [0.5, 0.6) is 0 Å². The Morgan fingerprint density at radius 2 is 1.81 bits per heavy atom. The molecule has 4 aromatic rings. The number of nitrogens with zero attached hydrogens (tertiary/aromatic N) is 2. The van der Waals surface area contributed by atoms with Crippen molar-refractivity contribution in [3.05, 3.63) is 72.3 Å². The number of aromatic nitrogens is 3. The number of aromatic amines is 1. The van der Waals surface area contributed by atoms with Gasteiger partial charge in [-0.25, -0.2) is 10.5 Å². The number of nitrogens with one attached hydrogen (secondary N) is 3. The highest BCUT2D eigenvalue weighted by atomic mass is 16.5. The second-order valence-electron chi connectivity index (χ2n) is 7.70. The zero-order chi connectivity index (χ0) is 22.3. The van der Waals surface area contributed by atoms with Crippen LogP contribution in [0.25, 0.3) is 21.8 Å². The van der Waals surface area contributed by atoms with Crippen LogP contribution in [0.15, 0.2) is 60.9 Å². The van der Waals surface area contributed by atoms with Gasteiger partial charge in [0.1, 0.15) is 5.82 Å². The van der Waals surface area contributed by atoms with Gasteiger partial charge >= 0.3 is 0 Å². The molecule has 0 bridgehead atoms. The van der Waals surface area contributed by atoms with Gasteiger partial charge in [-0.2, -0.15) is 0 Å². The van der Waals surface area contributed by atoms with Crippen LogP contribution in [-0.2, 0) is 4.79 Å². The van der Waals surface area contributed by atoms with E-state index in [9.17, 15) is 9.59 Å². The van der Waals surface area contributed by atoms with Crippen molar-refractivity contribution in [3.63, 3.8) is 0 Å². The smallest absolute Gasteiger partial charge is 0.251 e. The fourth-order valence-electron chi connectivity index (χ4n) is 3.82. The Labute approximate surface area is 185 Å². The number of hydrogen-bond acceptors (Lipinski definition) is 5. The zero-order valence-corrected chi connectivity index (χ0v) is 17.5. The molecule has 0 spiro atoms. The van der Waals surface area contributed by atoms with Gasteiger partial charge in [-0.15, -0.1) is 0 Å². The van der Waals surface area contributed by atoms with Gasteiger partial charge in [0.25, 0.3) is 5.91 Å². The zero-order valence-electron chi connectivity index (χ0n) is 17.5. The first-order valence-electron chi connectivity index (χ1n) is 10.7. The van der Waals surface area contributed by atoms with E-state index >= 15 is 0 Å². The van der Waals surface area contributed by atoms with Gasteiger partial charge in [0, 0.05) is 29.8 Å². The minimum Gasteiger partial charge on any atom is -0.342 e. The third-order valence-electron chi connectivity index (χ3n) is 5.49. The monoisotopic (exact) mass is 431 g/mol. The molecular weight excluding hydrogens is 406 g/mol. The number of hydrogen-bond donors (Lipinski definition) is 4. The molecule has 2 heterocycles. The summed E-state index contributed by atoms with van der Waals surface area (Å²) >= 11 is 0. The Bertz CT molecular complexity index is 1220. The molecule has 0 aliphatic rings. The summed E-state index contributed by atoms with van der Waals surface area (Å²) in [5.41, 5.74) is 3.98. The van der Waals surface area contributed by atoms with Gasteiger partial charge in [0.2, 0.25) is 5.91 Å². The van der Waals surface area contributed by atoms with E-state index < -0.39 is 5.91 Å². The minimum absolute atomic E-state index is 0.192. The van der Waals surface area contributed by atoms with Crippen LogP contribution >= 0.6 is 0 Å². The molecule has 0 saturated heterocycles. The molecule has 0 aliphatic heterocycles. The highest BCUT2D eigenvalue weighted by Crippen LogP contribution is 2.27. The van der Waals surface area contributed by atoms with Crippen molar-refractivity contribution in [2.45, 2.75) is 38.1 Å². The third kappa shape index (κ3) is 4.92. The van der Waals surface area contributed by atoms with Crippen molar-refractivity contribution in [1.29, 1.82) is 0 Å². The fourth-order valence-corrected chi connectivity index (χ4v) is 3.82. The molecule has 1 atom stereocenters. The summed E-state index contributed by atoms with van der Waals surface area (Å²) in [6.07, 6.45) is 6.33. The van der Waals surface area contributed by atoms with E-state index in [1.165, 1.54) is 0 Å². The average molecular weight is 431 g/mol. The molecule has 8 nitrogen and oxygen atoms in total. The standard InChI is InChI=1S/C24H25N5O3/c30-21(29-32)9-3-1-2-8-20(27-24(31)17-12-14-25-15-13-17)23-26-19-11-10-16-6-4-5-7-18(16)22(19)28-23/h4-7,10-15,20,32H,1-3,8-9H2,(H,26,28)(H,27,31)(H,29,30)/t20-/m0/s1. The summed E-state index contributed by atoms with van der Waals surface area (Å²) in [5, 5.41) is 13.9. The number of hydroxylamine groups is 1. The minimum atomic E-state index is -0.392. The number of pyridine rings is 1. The maximum absolute atomic E-state index is 12.8. The molecule has 0 saturated carbocycles. The van der Waals surface area contributed by atoms with Crippen molar-refractivity contribution in [2.75, 3.05) is 0 Å². The maximum atomic E-state index is 12.8. The molecule has 0 unspecified atom stereocenters. The predicted octanol–water partition coefficient (Wildman–Crippen LogP) is 4.04. The van der Waals surface area contributed by atoms with E-state index in [2.05, 4.69) is 21.4 Å². The quantitative estimate of drug-likeness (QED) is 0.181. The molecule has 8 heteroatoms. The molecule has 0 fully saturated rings. The molecule has 4 N–H and O–H groups in total. The predicted molar refractivity (Wildman–Crippen MR) is 121 cm³/mol. The van der Waals surface area contributed by atoms with Crippen LogP contribution in [-0.4, -0.2) is 32.0 Å². The van der Waals surface area contributed by atoms with Crippen molar-refractivity contribution >= 4 is 33.6 Å². The van der Waals surface area contributed by atoms with Crippen molar-refractivity contribution in [2.24, 2.45) is 0 Å². The Kier molecular flexibility index (Phi) is 6.72. The first kappa shape index (κ1) is 21.5. The fraction of sp³-hybridized carbons (Fsp3) is 0.250. The first-order chi connectivity index (χ1) is 15.7. The molecule has 2 amide bonds. The summed E-state index contributed by atoms with van der Waals surface area (Å²) in [5.74, 6) is 0.117. The number of fused-ring (bicyclic) bond motifs is 3. The summed E-state index contributed by atoms with van der Waals surface area (Å²) in [6, 6.07) is 15.2. The van der Waals surface area contributed by atoms with Gasteiger partial charge in [0.15, 0.2) is 0 Å². The highest BCUT2D eigenvalue weighted by Gasteiger charge is 2.20. The highest BCUT2D eigenvalue weighted by molar-refractivity contribution is 6.04. The van der Waals surface area contributed by atoms with E-state index in [1.54, 1.807) is 30.0 Å². The lowest BCUT2D eigenvalue weighted by Crippen LogP contribution is -2.29. The number of benzene rings is 2. The van der Waals surface area contributed by atoms with Gasteiger partial charge < -0.3 is 10.3 Å². The first-order valence-corrected chi connectivity index (χ1v) is 10.7. The van der Waals surface area contributed by atoms with Crippen LogP contribution in [0, 0.1) is 0 Å². The molecule has 2 aromatic carbocycles. The van der Waals surface area contributed by atoms with Gasteiger partial charge in [0.05, 0.1) is 17.1 Å². The van der Waals surface area contributed by atoms with E-state index in [4.69, 9.17) is 10.2 Å². The van der Waals surface area contributed by atoms with Crippen molar-refractivity contribution in [3.8, 4) is 0 Å². The van der Waals surface area contributed by atoms with Crippen LogP contribution in [0.4, 0.5) is 0 Å². The molecule has 0 aliphatic carbocycles. The SMILES string of the molecule is O=C(CCCCC[C@H](NC(=O)c1ccncc1)c1nc2c(ccc3ccccc32)[nH]1)NO. The molecule has 32 heavy (non-hydrogen) atoms. The number of amides is 2. The number of imidazole rings is 1. The van der Waals surface area contributed by atoms with Gasteiger partial charge in [-0.05, 0) is 36.4 Å². The van der Waals surface area contributed by atoms with Crippen LogP contribution in [0.1, 0.15) is 54.3 Å². The summed E-state index contributed by atoms with van der Waals surface area (Å²) < 4.78 is 0. The Hall–Kier alpha value is -3.78. The largest absolute Gasteiger partial charge is 0.342 e. The lowest BCUT2D eigenvalue weighted by atomic mass is 10.1. The van der Waals surface area contributed by atoms with Crippen molar-refractivity contribution in [1.82, 2.24) is 25.7 Å². The summed E-state index contributed by atoms with van der Waals surface area (Å²) in [6.45, 7) is 0. The number of carbonyl (C=O) groups excluding carboxylic acids is 2. The Morgan fingerprint density at radius 1 is 1.00 bits per heavy atom. The third-order valence-corrected chi connectivity index (χ3v) is 5.49. The number of carbonyl (C=O) groups is 2. The number of rotatable bonds is 9. The van der Waals surface area contributed by atoms with Gasteiger partial charge in [-0.1, -0.05) is 43.2 Å². The topological polar surface area (TPSA) is 120 Å². The van der Waals surface area contributed by atoms with Crippen LogP contribution < -0.4 is 10.8 Å². The Morgan fingerprint density at radius 3 is 2.62 bits per heavy atom. The number of H-pyrrole nitrogens is 1. The van der Waals surface area contributed by atoms with E-state index in [0.29, 0.717) is 24.2 Å². The van der Waals surface area contributed by atoms with Crippen LogP contribution in [0.3, 0.4) is 0 Å². The van der Waals surface area contributed by atoms with Crippen molar-refractivity contribution < 1.29 is 14.8 Å². The molecule has 4 rings (SSSR count). The summed E-state index contributed by atoms with van der Waals surface area (Å²) in [4.78, 5) is 36.2. The van der Waals surface area contributed by atoms with Crippen LogP contribution in [0.2, 0.25) is 0 Å². The second kappa shape index (κ2) is 10.0. The lowest BCUT2D eigenvalue weighted by molar-refractivity contribution is -0.129. The maximum Gasteiger partial charge on any atom is 0.251 e. The summed E-state index contributed by atoms with van der Waals surface area (Å²) in [7, 11) is 0. The van der Waals surface area contributed by atoms with E-state index in [-0.39, 0.29) is 18.4 Å². The van der Waals surface area contributed by atoms with E-state index in [0.717, 1.165) is 34.6 Å². The normalized spacial score (nSPS) is 12.0. The molecule has 164 valence electrons. The molecular formula is C24H25N5O3. The molecule has 0 radical (unpaired) electrons. The average Bonchev–Trinajstić information content (AvgIpc) is 3.28. The molecule has 2 aromatic heterocycles. The van der Waals surface area contributed by atoms with Gasteiger partial charge in [-0.3, -0.25) is 19.8 Å². The second-order valence-corrected chi connectivity index (χ2v) is 7.70. The van der Waals surface area contributed by atoms with E-state index in [1.807, 2.05) is 30.3 Å². The number of unbranched alkanes of at least 4 members (excludes halogenated alkanes) is 2. The Balaban J connectivity index is 1.55. The lowest BCUT2D eigenvalue weighted by Gasteiger charge is -2.17.